The van der Waals surface area contributed by atoms with Gasteiger partial charge in [0.15, 0.2) is 9.84 Å². The molecule has 2 N–H and O–H groups in total. The van der Waals surface area contributed by atoms with E-state index in [-0.39, 0.29) is 16.1 Å². The molecule has 0 saturated heterocycles. The molecule has 0 unspecified atom stereocenters. The van der Waals surface area contributed by atoms with E-state index in [1.807, 2.05) is 6.07 Å². The summed E-state index contributed by atoms with van der Waals surface area (Å²) in [5.41, 5.74) is 7.42. The molecule has 2 rings (SSSR count). The molecule has 7 heteroatoms. The molecule has 0 aliphatic carbocycles. The third kappa shape index (κ3) is 4.15. The van der Waals surface area contributed by atoms with E-state index in [1.165, 1.54) is 0 Å². The largest absolute Gasteiger partial charge is 0.385 e. The monoisotopic (exact) mass is 351 g/mol. The highest BCUT2D eigenvalue weighted by molar-refractivity contribution is 7.91. The number of hydrogen-bond acceptors (Lipinski definition) is 5. The molecule has 0 radical (unpaired) electrons. The van der Waals surface area contributed by atoms with Gasteiger partial charge in [0, 0.05) is 25.2 Å². The smallest absolute Gasteiger partial charge is 0.178 e. The van der Waals surface area contributed by atoms with E-state index in [2.05, 4.69) is 25.9 Å². The first kappa shape index (κ1) is 18.5. The fraction of sp³-hybridized carbons (Fsp3) is 0.471. The fourth-order valence-corrected chi connectivity index (χ4v) is 3.61. The summed E-state index contributed by atoms with van der Waals surface area (Å²) in [6, 6.07) is 8.52. The predicted octanol–water partition coefficient (Wildman–Crippen LogP) is 2.56. The van der Waals surface area contributed by atoms with Gasteiger partial charge in [-0.1, -0.05) is 26.8 Å². The first-order valence-electron chi connectivity index (χ1n) is 7.83. The highest BCUT2D eigenvalue weighted by Crippen LogP contribution is 2.25. The van der Waals surface area contributed by atoms with Crippen LogP contribution in [0.5, 0.6) is 0 Å². The van der Waals surface area contributed by atoms with Gasteiger partial charge in [-0.05, 0) is 24.6 Å². The summed E-state index contributed by atoms with van der Waals surface area (Å²) in [5.74, 6) is 0.528. The predicted molar refractivity (Wildman–Crippen MR) is 95.2 cm³/mol. The van der Waals surface area contributed by atoms with Crippen molar-refractivity contribution in [2.45, 2.75) is 37.5 Å². The molecule has 0 bridgehead atoms. The number of ether oxygens (including phenoxy) is 1. The zero-order valence-electron chi connectivity index (χ0n) is 14.6. The van der Waals surface area contributed by atoms with Crippen molar-refractivity contribution in [1.82, 2.24) is 9.78 Å². The summed E-state index contributed by atoms with van der Waals surface area (Å²) in [7, 11) is -1.80. The lowest BCUT2D eigenvalue weighted by atomic mass is 9.92. The zero-order valence-corrected chi connectivity index (χ0v) is 15.4. The van der Waals surface area contributed by atoms with Crippen molar-refractivity contribution in [1.29, 1.82) is 0 Å². The van der Waals surface area contributed by atoms with E-state index in [0.29, 0.717) is 24.5 Å². The molecule has 0 atom stereocenters. The maximum atomic E-state index is 12.4. The van der Waals surface area contributed by atoms with Gasteiger partial charge in [0.1, 0.15) is 5.82 Å². The summed E-state index contributed by atoms with van der Waals surface area (Å²) in [4.78, 5) is 0.267. The van der Waals surface area contributed by atoms with Crippen LogP contribution in [0.4, 0.5) is 5.82 Å². The first-order valence-corrected chi connectivity index (χ1v) is 9.48. The van der Waals surface area contributed by atoms with Crippen LogP contribution in [-0.4, -0.2) is 37.7 Å². The molecule has 0 aliphatic rings. The van der Waals surface area contributed by atoms with Crippen molar-refractivity contribution in [3.05, 3.63) is 36.0 Å². The molecular formula is C17H25N3O3S. The molecule has 6 nitrogen and oxygen atoms in total. The number of nitrogen functional groups attached to an aromatic ring is 1. The fourth-order valence-electron chi connectivity index (χ4n) is 2.29. The van der Waals surface area contributed by atoms with Crippen molar-refractivity contribution in [2.24, 2.45) is 0 Å². The molecule has 1 aromatic carbocycles. The summed E-state index contributed by atoms with van der Waals surface area (Å²) in [6.45, 7) is 6.57. The third-order valence-electron chi connectivity index (χ3n) is 3.69. The quantitative estimate of drug-likeness (QED) is 0.808. The Balaban J connectivity index is 2.36. The van der Waals surface area contributed by atoms with Crippen molar-refractivity contribution in [3.63, 3.8) is 0 Å². The number of aromatic nitrogens is 2. The minimum absolute atomic E-state index is 0.0477. The molecule has 0 amide bonds. The van der Waals surface area contributed by atoms with Crippen LogP contribution in [0, 0.1) is 0 Å². The molecule has 132 valence electrons. The van der Waals surface area contributed by atoms with Gasteiger partial charge < -0.3 is 10.5 Å². The summed E-state index contributed by atoms with van der Waals surface area (Å²) in [6.07, 6.45) is 0.459. The molecule has 0 aliphatic heterocycles. The molecule has 0 saturated carbocycles. The molecule has 24 heavy (non-hydrogen) atoms. The maximum absolute atomic E-state index is 12.4. The lowest BCUT2D eigenvalue weighted by molar-refractivity contribution is 0.199. The first-order chi connectivity index (χ1) is 11.1. The SMILES string of the molecule is COCCCS(=O)(=O)c1cccc(-n2nc(C(C)(C)C)cc2N)c1. The number of nitrogens with two attached hydrogens (primary N) is 1. The average molecular weight is 351 g/mol. The number of nitrogens with zero attached hydrogens (tertiary/aromatic N) is 2. The van der Waals surface area contributed by atoms with Gasteiger partial charge >= 0.3 is 0 Å². The molecule has 2 aromatic rings. The Bertz CT molecular complexity index is 805. The maximum Gasteiger partial charge on any atom is 0.178 e. The van der Waals surface area contributed by atoms with Gasteiger partial charge in [-0.25, -0.2) is 13.1 Å². The average Bonchev–Trinajstić information content (AvgIpc) is 2.90. The van der Waals surface area contributed by atoms with E-state index in [0.717, 1.165) is 5.69 Å². The number of sulfone groups is 1. The number of benzene rings is 1. The van der Waals surface area contributed by atoms with E-state index in [4.69, 9.17) is 10.5 Å². The topological polar surface area (TPSA) is 87.2 Å². The Morgan fingerprint density at radius 3 is 2.54 bits per heavy atom. The highest BCUT2D eigenvalue weighted by atomic mass is 32.2. The van der Waals surface area contributed by atoms with Crippen LogP contribution >= 0.6 is 0 Å². The Morgan fingerprint density at radius 2 is 1.96 bits per heavy atom. The molecule has 1 heterocycles. The van der Waals surface area contributed by atoms with Crippen LogP contribution in [0.3, 0.4) is 0 Å². The van der Waals surface area contributed by atoms with Crippen LogP contribution in [0.15, 0.2) is 35.2 Å². The minimum atomic E-state index is -3.36. The highest BCUT2D eigenvalue weighted by Gasteiger charge is 2.20. The molecule has 0 fully saturated rings. The van der Waals surface area contributed by atoms with Crippen LogP contribution in [-0.2, 0) is 20.0 Å². The zero-order chi connectivity index (χ0) is 18.0. The lowest BCUT2D eigenvalue weighted by Crippen LogP contribution is -2.13. The van der Waals surface area contributed by atoms with Crippen molar-refractivity contribution < 1.29 is 13.2 Å². The summed E-state index contributed by atoms with van der Waals surface area (Å²) >= 11 is 0. The third-order valence-corrected chi connectivity index (χ3v) is 5.49. The lowest BCUT2D eigenvalue weighted by Gasteiger charge is -2.14. The van der Waals surface area contributed by atoms with E-state index >= 15 is 0 Å². The molecular weight excluding hydrogens is 326 g/mol. The second-order valence-corrected chi connectivity index (χ2v) is 8.89. The summed E-state index contributed by atoms with van der Waals surface area (Å²) < 4.78 is 31.3. The number of hydrogen-bond donors (Lipinski definition) is 1. The number of anilines is 1. The Kier molecular flexibility index (Phi) is 5.35. The minimum Gasteiger partial charge on any atom is -0.385 e. The Labute approximate surface area is 143 Å². The van der Waals surface area contributed by atoms with Gasteiger partial charge in [-0.2, -0.15) is 5.10 Å². The Morgan fingerprint density at radius 1 is 1.25 bits per heavy atom. The molecule has 0 spiro atoms. The number of methoxy groups -OCH3 is 1. The molecule has 1 aromatic heterocycles. The van der Waals surface area contributed by atoms with Crippen LogP contribution in [0.25, 0.3) is 5.69 Å². The standard InChI is InChI=1S/C17H25N3O3S/c1-17(2,3)15-12-16(18)20(19-15)13-7-5-8-14(11-13)24(21,22)10-6-9-23-4/h5,7-8,11-12H,6,9-10,18H2,1-4H3. The van der Waals surface area contributed by atoms with Crippen LogP contribution in [0.1, 0.15) is 32.9 Å². The van der Waals surface area contributed by atoms with Gasteiger partial charge in [-0.3, -0.25) is 0 Å². The normalized spacial score (nSPS) is 12.5. The van der Waals surface area contributed by atoms with E-state index in [9.17, 15) is 8.42 Å². The second-order valence-electron chi connectivity index (χ2n) is 6.78. The van der Waals surface area contributed by atoms with E-state index in [1.54, 1.807) is 36.1 Å². The van der Waals surface area contributed by atoms with Gasteiger partial charge in [0.2, 0.25) is 0 Å². The second kappa shape index (κ2) is 6.94. The van der Waals surface area contributed by atoms with Crippen LogP contribution in [0.2, 0.25) is 0 Å². The van der Waals surface area contributed by atoms with Gasteiger partial charge in [0.05, 0.1) is 22.0 Å². The van der Waals surface area contributed by atoms with Crippen molar-refractivity contribution in [3.8, 4) is 5.69 Å². The Hall–Kier alpha value is -1.86. The number of rotatable bonds is 6. The van der Waals surface area contributed by atoms with Crippen molar-refractivity contribution in [2.75, 3.05) is 25.2 Å². The summed E-state index contributed by atoms with van der Waals surface area (Å²) in [5, 5.41) is 4.53. The van der Waals surface area contributed by atoms with Gasteiger partial charge in [0.25, 0.3) is 0 Å². The van der Waals surface area contributed by atoms with Gasteiger partial charge in [-0.15, -0.1) is 0 Å². The van der Waals surface area contributed by atoms with Crippen LogP contribution < -0.4 is 5.73 Å². The van der Waals surface area contributed by atoms with E-state index < -0.39 is 9.84 Å². The van der Waals surface area contributed by atoms with Crippen molar-refractivity contribution >= 4 is 15.7 Å².